The lowest BCUT2D eigenvalue weighted by Gasteiger charge is -2.36. The van der Waals surface area contributed by atoms with E-state index in [1.807, 2.05) is 59.8 Å². The first-order valence-corrected chi connectivity index (χ1v) is 16.2. The Morgan fingerprint density at radius 1 is 1.13 bits per heavy atom. The molecule has 1 aromatic carbocycles. The number of Topliss-reactive ketones (excluding diaryl/α,β-unsaturated/α-hetero) is 1. The zero-order valence-electron chi connectivity index (χ0n) is 27.0. The summed E-state index contributed by atoms with van der Waals surface area (Å²) >= 11 is 6.22. The lowest BCUT2D eigenvalue weighted by Crippen LogP contribution is -2.59. The van der Waals surface area contributed by atoms with Crippen LogP contribution in [-0.4, -0.2) is 70.6 Å². The van der Waals surface area contributed by atoms with Gasteiger partial charge in [0.2, 0.25) is 23.5 Å². The molecule has 0 unspecified atom stereocenters. The van der Waals surface area contributed by atoms with E-state index in [-0.39, 0.29) is 43.7 Å². The maximum absolute atomic E-state index is 14.3. The van der Waals surface area contributed by atoms with E-state index in [2.05, 4.69) is 21.4 Å². The largest absolute Gasteiger partial charge is 0.347 e. The molecule has 12 heteroatoms. The zero-order valence-corrected chi connectivity index (χ0v) is 27.8. The molecule has 0 aromatic heterocycles. The van der Waals surface area contributed by atoms with Gasteiger partial charge in [-0.15, -0.1) is 0 Å². The van der Waals surface area contributed by atoms with Gasteiger partial charge in [0.15, 0.2) is 0 Å². The molecule has 2 aliphatic heterocycles. The van der Waals surface area contributed by atoms with Gasteiger partial charge in [-0.3, -0.25) is 34.3 Å². The summed E-state index contributed by atoms with van der Waals surface area (Å²) in [6.07, 6.45) is 4.64. The van der Waals surface area contributed by atoms with E-state index in [0.717, 1.165) is 18.4 Å². The van der Waals surface area contributed by atoms with Gasteiger partial charge in [0, 0.05) is 29.5 Å². The van der Waals surface area contributed by atoms with E-state index in [4.69, 9.17) is 16.4 Å². The lowest BCUT2D eigenvalue weighted by molar-refractivity contribution is -0.145. The van der Waals surface area contributed by atoms with Crippen molar-refractivity contribution in [3.05, 3.63) is 40.9 Å². The SMILES string of the molecule is CCC[C@H](NC(=O)[C@@H]1C[C@]2(C=C(c3cccc(Cl)c3)NO2)CN1C(=O)[C@@H](NC(=O)CC(C)C)C(C)(C)C)C(=O)C(=O)NC1CC1. The number of hydroxylamine groups is 1. The Morgan fingerprint density at radius 2 is 1.84 bits per heavy atom. The summed E-state index contributed by atoms with van der Waals surface area (Å²) in [5.41, 5.74) is 2.59. The van der Waals surface area contributed by atoms with E-state index < -0.39 is 52.6 Å². The van der Waals surface area contributed by atoms with E-state index in [0.29, 0.717) is 17.1 Å². The van der Waals surface area contributed by atoms with Crippen LogP contribution in [0.1, 0.15) is 85.6 Å². The Labute approximate surface area is 270 Å². The molecule has 246 valence electrons. The summed E-state index contributed by atoms with van der Waals surface area (Å²) in [7, 11) is 0. The van der Waals surface area contributed by atoms with Crippen LogP contribution in [0.3, 0.4) is 0 Å². The minimum atomic E-state index is -1.08. The standard InChI is InChI=1S/C33H46ClN5O6/c1-7-9-23(27(41)30(43)35-22-12-13-22)36-29(42)25-17-33(16-24(38-45-33)20-10-8-11-21(34)15-20)18-39(25)31(44)28(32(4,5)6)37-26(40)14-19(2)3/h8,10-11,15-16,19,22-23,25,28,38H,7,9,12-14,17-18H2,1-6H3,(H,35,43)(H,36,42)(H,37,40)/t23-,25-,28+,33+/m0/s1. The number of carbonyl (C=O) groups is 5. The van der Waals surface area contributed by atoms with Gasteiger partial charge in [0.05, 0.1) is 18.3 Å². The first-order chi connectivity index (χ1) is 21.1. The van der Waals surface area contributed by atoms with Crippen molar-refractivity contribution in [3.63, 3.8) is 0 Å². The summed E-state index contributed by atoms with van der Waals surface area (Å²) in [6, 6.07) is 4.18. The predicted octanol–water partition coefficient (Wildman–Crippen LogP) is 3.27. The van der Waals surface area contributed by atoms with E-state index in [9.17, 15) is 24.0 Å². The smallest absolute Gasteiger partial charge is 0.289 e. The summed E-state index contributed by atoms with van der Waals surface area (Å²) < 4.78 is 0. The summed E-state index contributed by atoms with van der Waals surface area (Å²) in [4.78, 5) is 74.4. The van der Waals surface area contributed by atoms with Crippen molar-refractivity contribution in [2.24, 2.45) is 11.3 Å². The highest BCUT2D eigenvalue weighted by Gasteiger charge is 2.54. The number of benzene rings is 1. The Balaban J connectivity index is 1.64. The third kappa shape index (κ3) is 8.64. The molecule has 3 aliphatic rings. The molecule has 2 fully saturated rings. The molecule has 1 aliphatic carbocycles. The number of amides is 4. The molecular weight excluding hydrogens is 598 g/mol. The van der Waals surface area contributed by atoms with Crippen molar-refractivity contribution in [1.29, 1.82) is 0 Å². The average Bonchev–Trinajstić information content (AvgIpc) is 3.55. The van der Waals surface area contributed by atoms with Crippen LogP contribution in [0.15, 0.2) is 30.3 Å². The third-order valence-electron chi connectivity index (χ3n) is 8.20. The molecule has 0 radical (unpaired) electrons. The van der Waals surface area contributed by atoms with Gasteiger partial charge in [0.25, 0.3) is 5.91 Å². The highest BCUT2D eigenvalue weighted by atomic mass is 35.5. The molecule has 1 saturated carbocycles. The Bertz CT molecular complexity index is 1350. The molecule has 45 heavy (non-hydrogen) atoms. The fraction of sp³-hybridized carbons (Fsp3) is 0.606. The maximum atomic E-state index is 14.3. The number of hydrogen-bond acceptors (Lipinski definition) is 7. The first-order valence-electron chi connectivity index (χ1n) is 15.8. The number of nitrogens with one attached hydrogen (secondary N) is 4. The molecule has 4 rings (SSSR count). The second kappa shape index (κ2) is 13.9. The van der Waals surface area contributed by atoms with E-state index in [1.54, 1.807) is 12.1 Å². The van der Waals surface area contributed by atoms with Crippen molar-refractivity contribution in [2.75, 3.05) is 6.54 Å². The molecular formula is C33H46ClN5O6. The predicted molar refractivity (Wildman–Crippen MR) is 170 cm³/mol. The van der Waals surface area contributed by atoms with Crippen LogP contribution in [0, 0.1) is 11.3 Å². The van der Waals surface area contributed by atoms with E-state index >= 15 is 0 Å². The Hall–Kier alpha value is -3.44. The second-order valence-electron chi connectivity index (χ2n) is 13.9. The van der Waals surface area contributed by atoms with Crippen LogP contribution in [0.2, 0.25) is 5.02 Å². The van der Waals surface area contributed by atoms with Gasteiger partial charge in [-0.1, -0.05) is 71.7 Å². The minimum absolute atomic E-state index is 0.00466. The highest BCUT2D eigenvalue weighted by Crippen LogP contribution is 2.39. The number of ketones is 1. The molecule has 4 N–H and O–H groups in total. The van der Waals surface area contributed by atoms with Crippen molar-refractivity contribution in [3.8, 4) is 0 Å². The fourth-order valence-corrected chi connectivity index (χ4v) is 5.89. The zero-order chi connectivity index (χ0) is 33.1. The summed E-state index contributed by atoms with van der Waals surface area (Å²) in [6.45, 7) is 11.3. The Morgan fingerprint density at radius 3 is 2.44 bits per heavy atom. The number of halogens is 1. The van der Waals surface area contributed by atoms with Crippen LogP contribution in [0.5, 0.6) is 0 Å². The van der Waals surface area contributed by atoms with Gasteiger partial charge in [0.1, 0.15) is 17.7 Å². The number of hydrogen-bond donors (Lipinski definition) is 4. The van der Waals surface area contributed by atoms with Gasteiger partial charge in [-0.2, -0.15) is 0 Å². The van der Waals surface area contributed by atoms with Crippen LogP contribution >= 0.6 is 11.6 Å². The number of likely N-dealkylation sites (tertiary alicyclic amines) is 1. The minimum Gasteiger partial charge on any atom is -0.347 e. The number of carbonyl (C=O) groups excluding carboxylic acids is 5. The topological polar surface area (TPSA) is 146 Å². The van der Waals surface area contributed by atoms with Crippen LogP contribution in [-0.2, 0) is 28.8 Å². The summed E-state index contributed by atoms with van der Waals surface area (Å²) in [5.74, 6) is -2.60. The van der Waals surface area contributed by atoms with Crippen molar-refractivity contribution >= 4 is 46.7 Å². The lowest BCUT2D eigenvalue weighted by atomic mass is 9.85. The Kier molecular flexibility index (Phi) is 10.6. The molecule has 11 nitrogen and oxygen atoms in total. The van der Waals surface area contributed by atoms with Gasteiger partial charge < -0.3 is 20.9 Å². The van der Waals surface area contributed by atoms with Gasteiger partial charge in [-0.05, 0) is 48.8 Å². The molecule has 4 atom stereocenters. The summed E-state index contributed by atoms with van der Waals surface area (Å²) in [5, 5.41) is 8.92. The molecule has 1 aromatic rings. The molecule has 1 saturated heterocycles. The van der Waals surface area contributed by atoms with Crippen LogP contribution < -0.4 is 21.4 Å². The first kappa shape index (κ1) is 34.4. The van der Waals surface area contributed by atoms with Crippen molar-refractivity contribution in [1.82, 2.24) is 26.3 Å². The quantitative estimate of drug-likeness (QED) is 0.256. The number of rotatable bonds is 12. The molecule has 2 heterocycles. The fourth-order valence-electron chi connectivity index (χ4n) is 5.69. The maximum Gasteiger partial charge on any atom is 0.289 e. The van der Waals surface area contributed by atoms with E-state index in [1.165, 1.54) is 4.90 Å². The third-order valence-corrected chi connectivity index (χ3v) is 8.44. The molecule has 1 spiro atoms. The van der Waals surface area contributed by atoms with Gasteiger partial charge >= 0.3 is 0 Å². The van der Waals surface area contributed by atoms with Crippen LogP contribution in [0.4, 0.5) is 0 Å². The number of nitrogens with zero attached hydrogens (tertiary/aromatic N) is 1. The molecule has 0 bridgehead atoms. The normalized spacial score (nSPS) is 22.4. The second-order valence-corrected chi connectivity index (χ2v) is 14.4. The average molecular weight is 644 g/mol. The van der Waals surface area contributed by atoms with Gasteiger partial charge in [-0.25, -0.2) is 0 Å². The molecule has 4 amide bonds. The van der Waals surface area contributed by atoms with Crippen molar-refractivity contribution in [2.45, 2.75) is 110 Å². The highest BCUT2D eigenvalue weighted by molar-refractivity contribution is 6.38. The van der Waals surface area contributed by atoms with Crippen LogP contribution in [0.25, 0.3) is 5.70 Å². The monoisotopic (exact) mass is 643 g/mol. The van der Waals surface area contributed by atoms with Crippen molar-refractivity contribution < 1.29 is 28.8 Å².